The number of anilines is 1. The number of carbonyl (C=O) groups excluding carboxylic acids is 2. The first-order valence-corrected chi connectivity index (χ1v) is 9.29. The summed E-state index contributed by atoms with van der Waals surface area (Å²) in [5.41, 5.74) is -0.0216. The molecule has 1 saturated heterocycles. The average molecular weight is 361 g/mol. The van der Waals surface area contributed by atoms with Crippen LogP contribution in [-0.2, 0) is 9.59 Å². The van der Waals surface area contributed by atoms with Gasteiger partial charge in [-0.05, 0) is 39.3 Å². The van der Waals surface area contributed by atoms with Crippen molar-refractivity contribution in [2.75, 3.05) is 38.2 Å². The molecule has 1 unspecified atom stereocenters. The number of amides is 2. The Morgan fingerprint density at radius 3 is 2.38 bits per heavy atom. The second-order valence-corrected chi connectivity index (χ2v) is 7.36. The second kappa shape index (κ2) is 8.43. The average Bonchev–Trinajstić information content (AvgIpc) is 2.67. The highest BCUT2D eigenvalue weighted by Crippen LogP contribution is 2.29. The van der Waals surface area contributed by atoms with Crippen molar-refractivity contribution in [2.24, 2.45) is 5.41 Å². The molecule has 2 rings (SSSR count). The van der Waals surface area contributed by atoms with E-state index in [0.29, 0.717) is 13.1 Å². The predicted octanol–water partition coefficient (Wildman–Crippen LogP) is 2.28. The lowest BCUT2D eigenvalue weighted by molar-refractivity contribution is -0.149. The van der Waals surface area contributed by atoms with Crippen molar-refractivity contribution in [1.29, 1.82) is 0 Å². The van der Waals surface area contributed by atoms with Crippen molar-refractivity contribution in [1.82, 2.24) is 10.2 Å². The Labute approximate surface area is 156 Å². The van der Waals surface area contributed by atoms with Gasteiger partial charge < -0.3 is 19.9 Å². The maximum Gasteiger partial charge on any atom is 0.237 e. The van der Waals surface area contributed by atoms with Gasteiger partial charge in [0.1, 0.15) is 11.2 Å². The molecule has 6 nitrogen and oxygen atoms in total. The molecule has 26 heavy (non-hydrogen) atoms. The summed E-state index contributed by atoms with van der Waals surface area (Å²) in [4.78, 5) is 29.4. The number of nitrogens with one attached hydrogen (secondary N) is 1. The Bertz CT molecular complexity index is 637. The van der Waals surface area contributed by atoms with Crippen LogP contribution < -0.4 is 15.0 Å². The Kier molecular flexibility index (Phi) is 6.51. The molecule has 2 amide bonds. The van der Waals surface area contributed by atoms with Gasteiger partial charge >= 0.3 is 0 Å². The fraction of sp³-hybridized carbons (Fsp3) is 0.600. The predicted molar refractivity (Wildman–Crippen MR) is 103 cm³/mol. The van der Waals surface area contributed by atoms with Crippen LogP contribution >= 0.6 is 0 Å². The molecule has 1 atom stereocenters. The number of nitrogens with zero attached hydrogens (tertiary/aromatic N) is 2. The molecule has 1 aliphatic rings. The van der Waals surface area contributed by atoms with Crippen molar-refractivity contribution in [3.63, 3.8) is 0 Å². The molecule has 0 spiro atoms. The highest BCUT2D eigenvalue weighted by Gasteiger charge is 2.40. The Hall–Kier alpha value is -2.24. The lowest BCUT2D eigenvalue weighted by Gasteiger charge is -2.39. The fourth-order valence-electron chi connectivity index (χ4n) is 3.04. The maximum absolute atomic E-state index is 12.9. The van der Waals surface area contributed by atoms with Crippen LogP contribution in [0.15, 0.2) is 24.3 Å². The Morgan fingerprint density at radius 2 is 1.81 bits per heavy atom. The molecular formula is C20H31N3O3. The minimum atomic E-state index is -1.06. The standard InChI is InChI=1S/C20H31N3O3/c1-6-15(2)21-18(24)20(3,4)19(25)23-13-11-22(12-14-23)16-9-7-8-10-17(16)26-5/h7-10,15H,6,11-14H2,1-5H3,(H,21,24). The van der Waals surface area contributed by atoms with Crippen LogP contribution in [0.25, 0.3) is 0 Å². The highest BCUT2D eigenvalue weighted by atomic mass is 16.5. The zero-order valence-corrected chi connectivity index (χ0v) is 16.5. The molecule has 6 heteroatoms. The van der Waals surface area contributed by atoms with Crippen molar-refractivity contribution in [3.8, 4) is 5.75 Å². The van der Waals surface area contributed by atoms with Crippen LogP contribution in [0.5, 0.6) is 5.75 Å². The number of piperazine rings is 1. The summed E-state index contributed by atoms with van der Waals surface area (Å²) >= 11 is 0. The van der Waals surface area contributed by atoms with Gasteiger partial charge in [0, 0.05) is 32.2 Å². The first-order chi connectivity index (χ1) is 12.3. The van der Waals surface area contributed by atoms with Gasteiger partial charge in [0.2, 0.25) is 11.8 Å². The van der Waals surface area contributed by atoms with Crippen molar-refractivity contribution >= 4 is 17.5 Å². The summed E-state index contributed by atoms with van der Waals surface area (Å²) in [6.07, 6.45) is 0.841. The van der Waals surface area contributed by atoms with E-state index in [1.807, 2.05) is 38.1 Å². The third kappa shape index (κ3) is 4.29. The number of ether oxygens (including phenoxy) is 1. The smallest absolute Gasteiger partial charge is 0.237 e. The zero-order valence-electron chi connectivity index (χ0n) is 16.5. The van der Waals surface area contributed by atoms with Crippen LogP contribution in [-0.4, -0.2) is 56.0 Å². The molecule has 0 bridgehead atoms. The number of carbonyl (C=O) groups is 2. The fourth-order valence-corrected chi connectivity index (χ4v) is 3.04. The van der Waals surface area contributed by atoms with E-state index in [4.69, 9.17) is 4.74 Å². The highest BCUT2D eigenvalue weighted by molar-refractivity contribution is 6.04. The summed E-state index contributed by atoms with van der Waals surface area (Å²) in [6.45, 7) is 10.00. The molecule has 0 aliphatic carbocycles. The molecule has 1 aromatic rings. The number of para-hydroxylation sites is 2. The van der Waals surface area contributed by atoms with E-state index in [1.54, 1.807) is 25.9 Å². The van der Waals surface area contributed by atoms with E-state index in [0.717, 1.165) is 30.9 Å². The summed E-state index contributed by atoms with van der Waals surface area (Å²) in [6, 6.07) is 7.96. The number of hydrogen-bond donors (Lipinski definition) is 1. The molecular weight excluding hydrogens is 330 g/mol. The number of benzene rings is 1. The SMILES string of the molecule is CCC(C)NC(=O)C(C)(C)C(=O)N1CCN(c2ccccc2OC)CC1. The van der Waals surface area contributed by atoms with Crippen molar-refractivity contribution in [3.05, 3.63) is 24.3 Å². The topological polar surface area (TPSA) is 61.9 Å². The van der Waals surface area contributed by atoms with Gasteiger partial charge in [0.15, 0.2) is 0 Å². The molecule has 1 fully saturated rings. The van der Waals surface area contributed by atoms with Crippen molar-refractivity contribution < 1.29 is 14.3 Å². The normalized spacial score (nSPS) is 16.2. The number of rotatable bonds is 6. The first-order valence-electron chi connectivity index (χ1n) is 9.29. The largest absolute Gasteiger partial charge is 0.495 e. The van der Waals surface area contributed by atoms with Crippen LogP contribution in [0, 0.1) is 5.41 Å². The molecule has 0 radical (unpaired) electrons. The molecule has 1 aliphatic heterocycles. The summed E-state index contributed by atoms with van der Waals surface area (Å²) in [7, 11) is 1.66. The van der Waals surface area contributed by atoms with Gasteiger partial charge in [0.25, 0.3) is 0 Å². The monoisotopic (exact) mass is 361 g/mol. The van der Waals surface area contributed by atoms with Gasteiger partial charge in [-0.2, -0.15) is 0 Å². The van der Waals surface area contributed by atoms with E-state index < -0.39 is 5.41 Å². The molecule has 1 heterocycles. The first kappa shape index (κ1) is 20.1. The molecule has 144 valence electrons. The van der Waals surface area contributed by atoms with E-state index in [-0.39, 0.29) is 17.9 Å². The lowest BCUT2D eigenvalue weighted by Crippen LogP contribution is -2.56. The summed E-state index contributed by atoms with van der Waals surface area (Å²) < 4.78 is 5.43. The summed E-state index contributed by atoms with van der Waals surface area (Å²) in [5.74, 6) is 0.516. The minimum Gasteiger partial charge on any atom is -0.495 e. The van der Waals surface area contributed by atoms with Gasteiger partial charge in [-0.1, -0.05) is 19.1 Å². The van der Waals surface area contributed by atoms with Crippen LogP contribution in [0.2, 0.25) is 0 Å². The molecule has 1 aromatic carbocycles. The van der Waals surface area contributed by atoms with Crippen molar-refractivity contribution in [2.45, 2.75) is 40.2 Å². The second-order valence-electron chi connectivity index (χ2n) is 7.36. The van der Waals surface area contributed by atoms with E-state index in [1.165, 1.54) is 0 Å². The Balaban J connectivity index is 2.00. The maximum atomic E-state index is 12.9. The Morgan fingerprint density at radius 1 is 1.19 bits per heavy atom. The van der Waals surface area contributed by atoms with Gasteiger partial charge in [-0.3, -0.25) is 9.59 Å². The van der Waals surface area contributed by atoms with Crippen LogP contribution in [0.1, 0.15) is 34.1 Å². The van der Waals surface area contributed by atoms with Crippen LogP contribution in [0.3, 0.4) is 0 Å². The summed E-state index contributed by atoms with van der Waals surface area (Å²) in [5, 5.41) is 2.93. The zero-order chi connectivity index (χ0) is 19.3. The number of hydrogen-bond acceptors (Lipinski definition) is 4. The van der Waals surface area contributed by atoms with E-state index >= 15 is 0 Å². The quantitative estimate of drug-likeness (QED) is 0.790. The molecule has 0 saturated carbocycles. The van der Waals surface area contributed by atoms with Gasteiger partial charge in [-0.15, -0.1) is 0 Å². The van der Waals surface area contributed by atoms with Gasteiger partial charge in [0.05, 0.1) is 12.8 Å². The molecule has 1 N–H and O–H groups in total. The third-order valence-corrected chi connectivity index (χ3v) is 5.08. The van der Waals surface area contributed by atoms with Crippen LogP contribution in [0.4, 0.5) is 5.69 Å². The molecule has 0 aromatic heterocycles. The van der Waals surface area contributed by atoms with E-state index in [2.05, 4.69) is 10.2 Å². The third-order valence-electron chi connectivity index (χ3n) is 5.08. The minimum absolute atomic E-state index is 0.0666. The lowest BCUT2D eigenvalue weighted by atomic mass is 9.89. The van der Waals surface area contributed by atoms with E-state index in [9.17, 15) is 9.59 Å². The number of methoxy groups -OCH3 is 1. The van der Waals surface area contributed by atoms with Gasteiger partial charge in [-0.25, -0.2) is 0 Å².